The van der Waals surface area contributed by atoms with Gasteiger partial charge in [-0.25, -0.2) is 0 Å². The van der Waals surface area contributed by atoms with Gasteiger partial charge in [-0.15, -0.1) is 0 Å². The second kappa shape index (κ2) is 8.49. The molecule has 136 valence electrons. The van der Waals surface area contributed by atoms with Crippen LogP contribution in [0.15, 0.2) is 42.5 Å². The van der Waals surface area contributed by atoms with Gasteiger partial charge in [-0.05, 0) is 48.9 Å². The van der Waals surface area contributed by atoms with Crippen molar-refractivity contribution in [3.8, 4) is 0 Å². The number of nitrogens with one attached hydrogen (secondary N) is 2. The van der Waals surface area contributed by atoms with Crippen LogP contribution in [0.2, 0.25) is 5.02 Å². The molecule has 0 radical (unpaired) electrons. The van der Waals surface area contributed by atoms with E-state index in [1.54, 1.807) is 42.5 Å². The minimum absolute atomic E-state index is 0.139. The van der Waals surface area contributed by atoms with Crippen molar-refractivity contribution in [1.82, 2.24) is 0 Å². The average molecular weight is 374 g/mol. The summed E-state index contributed by atoms with van der Waals surface area (Å²) in [5.41, 5.74) is 2.65. The van der Waals surface area contributed by atoms with Gasteiger partial charge in [0.1, 0.15) is 6.54 Å². The zero-order valence-corrected chi connectivity index (χ0v) is 15.6. The summed E-state index contributed by atoms with van der Waals surface area (Å²) in [6.07, 6.45) is 0. The molecule has 0 aliphatic carbocycles. The molecule has 0 saturated carbocycles. The highest BCUT2D eigenvalue weighted by molar-refractivity contribution is 6.31. The Morgan fingerprint density at radius 2 is 1.58 bits per heavy atom. The van der Waals surface area contributed by atoms with Crippen molar-refractivity contribution in [2.24, 2.45) is 0 Å². The third-order valence-corrected chi connectivity index (χ3v) is 4.04. The molecule has 2 aromatic rings. The minimum Gasteiger partial charge on any atom is -0.326 e. The first kappa shape index (κ1) is 19.5. The summed E-state index contributed by atoms with van der Waals surface area (Å²) in [6.45, 7) is 4.53. The van der Waals surface area contributed by atoms with Crippen LogP contribution in [0.5, 0.6) is 0 Å². The fourth-order valence-corrected chi connectivity index (χ4v) is 2.51. The van der Waals surface area contributed by atoms with E-state index in [1.165, 1.54) is 18.7 Å². The lowest BCUT2D eigenvalue weighted by atomic mass is 10.2. The Morgan fingerprint density at radius 1 is 0.962 bits per heavy atom. The molecule has 7 heteroatoms. The van der Waals surface area contributed by atoms with Crippen LogP contribution >= 0.6 is 11.6 Å². The van der Waals surface area contributed by atoms with Crippen molar-refractivity contribution in [3.05, 3.63) is 53.1 Å². The van der Waals surface area contributed by atoms with Gasteiger partial charge in [0, 0.05) is 35.9 Å². The van der Waals surface area contributed by atoms with Gasteiger partial charge in [-0.3, -0.25) is 14.4 Å². The number of amides is 3. The van der Waals surface area contributed by atoms with Crippen molar-refractivity contribution in [2.45, 2.75) is 20.8 Å². The standard InChI is InChI=1S/C19H20ClN3O3/c1-12-4-5-16(10-18(12)20)22-19(26)11-23(14(3)25)17-8-6-15(7-9-17)21-13(2)24/h4-10H,11H2,1-3H3,(H,21,24)(H,22,26). The summed E-state index contributed by atoms with van der Waals surface area (Å²) in [4.78, 5) is 36.7. The molecule has 0 fully saturated rings. The number of aryl methyl sites for hydroxylation is 1. The number of hydrogen-bond donors (Lipinski definition) is 2. The summed E-state index contributed by atoms with van der Waals surface area (Å²) < 4.78 is 0. The van der Waals surface area contributed by atoms with Crippen LogP contribution < -0.4 is 15.5 Å². The molecule has 26 heavy (non-hydrogen) atoms. The van der Waals surface area contributed by atoms with Crippen LogP contribution in [-0.2, 0) is 14.4 Å². The van der Waals surface area contributed by atoms with Crippen molar-refractivity contribution >= 4 is 46.4 Å². The number of carbonyl (C=O) groups is 3. The lowest BCUT2D eigenvalue weighted by Crippen LogP contribution is -2.36. The molecule has 3 amide bonds. The molecular weight excluding hydrogens is 354 g/mol. The maximum Gasteiger partial charge on any atom is 0.244 e. The van der Waals surface area contributed by atoms with Gasteiger partial charge in [-0.1, -0.05) is 17.7 Å². The Morgan fingerprint density at radius 3 is 2.12 bits per heavy atom. The van der Waals surface area contributed by atoms with Crippen molar-refractivity contribution in [3.63, 3.8) is 0 Å². The maximum atomic E-state index is 12.3. The summed E-state index contributed by atoms with van der Waals surface area (Å²) in [5.74, 6) is -0.794. The zero-order valence-electron chi connectivity index (χ0n) is 14.8. The number of rotatable bonds is 5. The lowest BCUT2D eigenvalue weighted by molar-refractivity contribution is -0.120. The Bertz CT molecular complexity index is 834. The number of benzene rings is 2. The second-order valence-corrected chi connectivity index (χ2v) is 6.25. The van der Waals surface area contributed by atoms with Gasteiger partial charge >= 0.3 is 0 Å². The molecule has 0 heterocycles. The molecule has 0 spiro atoms. The van der Waals surface area contributed by atoms with Crippen LogP contribution in [0.1, 0.15) is 19.4 Å². The third-order valence-electron chi connectivity index (χ3n) is 3.64. The van der Waals surface area contributed by atoms with E-state index in [9.17, 15) is 14.4 Å². The molecule has 6 nitrogen and oxygen atoms in total. The molecule has 0 saturated heterocycles. The van der Waals surface area contributed by atoms with Crippen LogP contribution in [0.25, 0.3) is 0 Å². The summed E-state index contributed by atoms with van der Waals surface area (Å²) >= 11 is 6.05. The molecule has 0 atom stereocenters. The molecule has 0 aromatic heterocycles. The molecule has 0 aliphatic rings. The minimum atomic E-state index is -0.342. The second-order valence-electron chi connectivity index (χ2n) is 5.85. The monoisotopic (exact) mass is 373 g/mol. The SMILES string of the molecule is CC(=O)Nc1ccc(N(CC(=O)Nc2ccc(C)c(Cl)c2)C(C)=O)cc1. The Labute approximate surface area is 157 Å². The molecule has 0 bridgehead atoms. The largest absolute Gasteiger partial charge is 0.326 e. The molecule has 2 aromatic carbocycles. The van der Waals surface area contributed by atoms with E-state index in [0.717, 1.165) is 5.56 Å². The first-order valence-corrected chi connectivity index (χ1v) is 8.36. The number of halogens is 1. The van der Waals surface area contributed by atoms with Crippen LogP contribution in [0.3, 0.4) is 0 Å². The number of hydrogen-bond acceptors (Lipinski definition) is 3. The topological polar surface area (TPSA) is 78.5 Å². The first-order valence-electron chi connectivity index (χ1n) is 7.98. The van der Waals surface area contributed by atoms with Crippen LogP contribution in [-0.4, -0.2) is 24.3 Å². The van der Waals surface area contributed by atoms with E-state index in [2.05, 4.69) is 10.6 Å². The normalized spacial score (nSPS) is 10.2. The van der Waals surface area contributed by atoms with E-state index in [4.69, 9.17) is 11.6 Å². The molecule has 0 unspecified atom stereocenters. The van der Waals surface area contributed by atoms with Gasteiger partial charge in [0.15, 0.2) is 0 Å². The van der Waals surface area contributed by atoms with E-state index in [1.807, 2.05) is 6.92 Å². The van der Waals surface area contributed by atoms with Crippen molar-refractivity contribution in [2.75, 3.05) is 22.1 Å². The summed E-state index contributed by atoms with van der Waals surface area (Å²) in [6, 6.07) is 11.9. The van der Waals surface area contributed by atoms with Gasteiger partial charge in [-0.2, -0.15) is 0 Å². The fraction of sp³-hybridized carbons (Fsp3) is 0.211. The maximum absolute atomic E-state index is 12.3. The number of nitrogens with zero attached hydrogens (tertiary/aromatic N) is 1. The van der Waals surface area contributed by atoms with Gasteiger partial charge in [0.05, 0.1) is 0 Å². The van der Waals surface area contributed by atoms with Gasteiger partial charge < -0.3 is 15.5 Å². The molecule has 2 N–H and O–H groups in total. The Kier molecular flexibility index (Phi) is 6.36. The van der Waals surface area contributed by atoms with Gasteiger partial charge in [0.2, 0.25) is 17.7 Å². The highest BCUT2D eigenvalue weighted by Crippen LogP contribution is 2.21. The van der Waals surface area contributed by atoms with E-state index < -0.39 is 0 Å². The smallest absolute Gasteiger partial charge is 0.244 e. The van der Waals surface area contributed by atoms with Crippen molar-refractivity contribution in [1.29, 1.82) is 0 Å². The highest BCUT2D eigenvalue weighted by atomic mass is 35.5. The predicted octanol–water partition coefficient (Wildman–Crippen LogP) is 3.60. The molecular formula is C19H20ClN3O3. The van der Waals surface area contributed by atoms with Crippen LogP contribution in [0, 0.1) is 6.92 Å². The highest BCUT2D eigenvalue weighted by Gasteiger charge is 2.16. The fourth-order valence-electron chi connectivity index (χ4n) is 2.33. The molecule has 0 aliphatic heterocycles. The van der Waals surface area contributed by atoms with Crippen LogP contribution in [0.4, 0.5) is 17.1 Å². The average Bonchev–Trinajstić information content (AvgIpc) is 2.56. The van der Waals surface area contributed by atoms with Crippen molar-refractivity contribution < 1.29 is 14.4 Å². The number of anilines is 3. The zero-order chi connectivity index (χ0) is 19.3. The van der Waals surface area contributed by atoms with E-state index in [-0.39, 0.29) is 24.3 Å². The van der Waals surface area contributed by atoms with E-state index in [0.29, 0.717) is 22.1 Å². The van der Waals surface area contributed by atoms with E-state index >= 15 is 0 Å². The Hall–Kier alpha value is -2.86. The lowest BCUT2D eigenvalue weighted by Gasteiger charge is -2.21. The first-order chi connectivity index (χ1) is 12.3. The summed E-state index contributed by atoms with van der Waals surface area (Å²) in [7, 11) is 0. The predicted molar refractivity (Wildman–Crippen MR) is 104 cm³/mol. The molecule has 2 rings (SSSR count). The summed E-state index contributed by atoms with van der Waals surface area (Å²) in [5, 5.41) is 5.93. The quantitative estimate of drug-likeness (QED) is 0.840. The number of carbonyl (C=O) groups excluding carboxylic acids is 3. The Balaban J connectivity index is 2.09. The van der Waals surface area contributed by atoms with Gasteiger partial charge in [0.25, 0.3) is 0 Å². The third kappa shape index (κ3) is 5.32.